The Morgan fingerprint density at radius 3 is 1.44 bits per heavy atom. The van der Waals surface area contributed by atoms with Crippen molar-refractivity contribution in [3.05, 3.63) is 163 Å². The summed E-state index contributed by atoms with van der Waals surface area (Å²) in [5.41, 5.74) is 11.2. The van der Waals surface area contributed by atoms with Gasteiger partial charge in [-0.2, -0.15) is 0 Å². The minimum absolute atomic E-state index is 0. The van der Waals surface area contributed by atoms with Gasteiger partial charge in [0.1, 0.15) is 40.8 Å². The van der Waals surface area contributed by atoms with Crippen LogP contribution in [0.2, 0.25) is 0 Å². The number of halogens is 2. The Morgan fingerprint density at radius 2 is 1.04 bits per heavy atom. The molecule has 0 radical (unpaired) electrons. The number of hydrogen-bond donors (Lipinski definition) is 1. The fraction of sp³-hybridized carbons (Fsp3) is 0.103. The van der Waals surface area contributed by atoms with Crippen LogP contribution in [0.1, 0.15) is 36.1 Å². The Hall–Kier alpha value is -4.31. The Kier molecular flexibility index (Phi) is 9.82. The minimum Gasteiger partial charge on any atom is -1.00 e. The molecule has 0 spiro atoms. The predicted molar refractivity (Wildman–Crippen MR) is 183 cm³/mol. The molecule has 226 valence electrons. The first-order valence-corrected chi connectivity index (χ1v) is 16.8. The van der Waals surface area contributed by atoms with E-state index in [2.05, 4.69) is 91.2 Å². The van der Waals surface area contributed by atoms with Crippen LogP contribution in [0.5, 0.6) is 0 Å². The van der Waals surface area contributed by atoms with E-state index < -0.39 is 13.2 Å². The van der Waals surface area contributed by atoms with Gasteiger partial charge in [-0.15, -0.1) is 0 Å². The molecular weight excluding hydrogens is 642 g/mol. The molecule has 6 rings (SSSR count). The van der Waals surface area contributed by atoms with Crippen LogP contribution in [0.25, 0.3) is 22.3 Å². The van der Waals surface area contributed by atoms with E-state index in [-0.39, 0.29) is 28.8 Å². The van der Waals surface area contributed by atoms with Crippen molar-refractivity contribution in [3.8, 4) is 22.3 Å². The lowest BCUT2D eigenvalue weighted by atomic mass is 9.95. The summed E-state index contributed by atoms with van der Waals surface area (Å²) in [6.07, 6.45) is 0.628. The summed E-state index contributed by atoms with van der Waals surface area (Å²) >= 11 is 0. The van der Waals surface area contributed by atoms with Gasteiger partial charge >= 0.3 is 0 Å². The van der Waals surface area contributed by atoms with Crippen molar-refractivity contribution < 1.29 is 26.2 Å². The largest absolute Gasteiger partial charge is 1.00 e. The standard InChI is InChI=1S/C39H34FN2OP.BrH/c1-28(2)42-35(36(30-23-25-31(40)26-24-30)37(38(42)39(41)43)29-15-7-3-8-16-29)27-44(32-17-9-4-10-18-32,33-19-11-5-12-20-33)34-21-13-6-14-22-34;/h3-26,28H,27H2,1-2H3,(H-,41,43);1H. The molecule has 0 saturated heterocycles. The number of benzene rings is 5. The molecule has 0 aliphatic rings. The number of amides is 1. The molecule has 0 bridgehead atoms. The van der Waals surface area contributed by atoms with Gasteiger partial charge < -0.3 is 27.3 Å². The Labute approximate surface area is 275 Å². The molecule has 0 aliphatic heterocycles. The summed E-state index contributed by atoms with van der Waals surface area (Å²) in [5, 5.41) is 3.71. The highest BCUT2D eigenvalue weighted by atomic mass is 79.9. The molecule has 0 saturated carbocycles. The minimum atomic E-state index is -2.37. The average Bonchev–Trinajstić information content (AvgIpc) is 3.41. The third-order valence-corrected chi connectivity index (χ3v) is 12.5. The summed E-state index contributed by atoms with van der Waals surface area (Å²) in [7, 11) is -2.37. The number of hydrogen-bond acceptors (Lipinski definition) is 1. The maximum absolute atomic E-state index is 14.3. The monoisotopic (exact) mass is 676 g/mol. The van der Waals surface area contributed by atoms with Crippen LogP contribution < -0.4 is 38.6 Å². The van der Waals surface area contributed by atoms with Crippen LogP contribution >= 0.6 is 7.26 Å². The fourth-order valence-electron chi connectivity index (χ4n) is 6.41. The number of carbonyl (C=O) groups is 1. The van der Waals surface area contributed by atoms with Crippen LogP contribution in [0, 0.1) is 5.82 Å². The van der Waals surface area contributed by atoms with Gasteiger partial charge in [-0.1, -0.05) is 97.1 Å². The molecule has 1 aromatic heterocycles. The van der Waals surface area contributed by atoms with Gasteiger partial charge in [-0.3, -0.25) is 4.79 Å². The van der Waals surface area contributed by atoms with Crippen molar-refractivity contribution in [2.75, 3.05) is 0 Å². The van der Waals surface area contributed by atoms with E-state index in [0.717, 1.165) is 27.9 Å². The molecule has 1 heterocycles. The zero-order chi connectivity index (χ0) is 30.7. The van der Waals surface area contributed by atoms with Gasteiger partial charge in [0.25, 0.3) is 5.91 Å². The summed E-state index contributed by atoms with van der Waals surface area (Å²) in [5.74, 6) is -0.801. The van der Waals surface area contributed by atoms with Crippen LogP contribution in [-0.2, 0) is 6.16 Å². The van der Waals surface area contributed by atoms with Crippen LogP contribution in [0.15, 0.2) is 146 Å². The van der Waals surface area contributed by atoms with Gasteiger partial charge in [-0.25, -0.2) is 4.39 Å². The molecule has 0 unspecified atom stereocenters. The molecule has 0 fully saturated rings. The molecule has 5 aromatic carbocycles. The van der Waals surface area contributed by atoms with Crippen molar-refractivity contribution >= 4 is 29.1 Å². The van der Waals surface area contributed by atoms with Gasteiger partial charge in [0.15, 0.2) is 0 Å². The Balaban J connectivity index is 0.00000400. The third kappa shape index (κ3) is 6.03. The van der Waals surface area contributed by atoms with Crippen molar-refractivity contribution in [1.29, 1.82) is 0 Å². The maximum Gasteiger partial charge on any atom is 0.266 e. The fourth-order valence-corrected chi connectivity index (χ4v) is 10.7. The van der Waals surface area contributed by atoms with Crippen molar-refractivity contribution in [2.24, 2.45) is 5.73 Å². The van der Waals surface area contributed by atoms with E-state index in [4.69, 9.17) is 5.73 Å². The zero-order valence-electron chi connectivity index (χ0n) is 25.3. The normalized spacial score (nSPS) is 11.3. The number of nitrogens with zero attached hydrogens (tertiary/aromatic N) is 1. The van der Waals surface area contributed by atoms with Gasteiger partial charge in [-0.05, 0) is 73.5 Å². The number of nitrogens with two attached hydrogens (primary N) is 1. The smallest absolute Gasteiger partial charge is 0.266 e. The highest BCUT2D eigenvalue weighted by molar-refractivity contribution is 7.95. The molecule has 3 nitrogen and oxygen atoms in total. The van der Waals surface area contributed by atoms with Crippen LogP contribution in [0.4, 0.5) is 4.39 Å². The predicted octanol–water partition coefficient (Wildman–Crippen LogP) is 5.14. The highest BCUT2D eigenvalue weighted by Crippen LogP contribution is 2.60. The third-order valence-electron chi connectivity index (χ3n) is 8.23. The van der Waals surface area contributed by atoms with Crippen molar-refractivity contribution in [1.82, 2.24) is 4.57 Å². The SMILES string of the molecule is CC(C)n1c(C[P+](c2ccccc2)(c2ccccc2)c2ccccc2)c(-c2ccc(F)cc2)c(-c2ccccc2)c1C(N)=O.[Br-]. The first-order chi connectivity index (χ1) is 21.4. The first kappa shape index (κ1) is 32.1. The molecule has 2 N–H and O–H groups in total. The second kappa shape index (κ2) is 13.8. The quantitative estimate of drug-likeness (QED) is 0.212. The maximum atomic E-state index is 14.3. The summed E-state index contributed by atoms with van der Waals surface area (Å²) in [6.45, 7) is 4.18. The number of carbonyl (C=O) groups excluding carboxylic acids is 1. The van der Waals surface area contributed by atoms with Crippen molar-refractivity contribution in [3.63, 3.8) is 0 Å². The summed E-state index contributed by atoms with van der Waals surface area (Å²) in [6, 6.07) is 48.5. The Morgan fingerprint density at radius 1 is 0.644 bits per heavy atom. The van der Waals surface area contributed by atoms with Crippen molar-refractivity contribution in [2.45, 2.75) is 26.1 Å². The van der Waals surface area contributed by atoms with Crippen LogP contribution in [-0.4, -0.2) is 10.5 Å². The topological polar surface area (TPSA) is 48.0 Å². The molecule has 6 heteroatoms. The van der Waals surface area contributed by atoms with E-state index in [0.29, 0.717) is 11.9 Å². The first-order valence-electron chi connectivity index (χ1n) is 14.8. The lowest BCUT2D eigenvalue weighted by molar-refractivity contribution is -0.0000175. The Bertz CT molecular complexity index is 1780. The van der Waals surface area contributed by atoms with Gasteiger partial charge in [0.05, 0.1) is 5.69 Å². The van der Waals surface area contributed by atoms with E-state index in [9.17, 15) is 9.18 Å². The number of aromatic nitrogens is 1. The van der Waals surface area contributed by atoms with Gasteiger partial charge in [0, 0.05) is 17.2 Å². The van der Waals surface area contributed by atoms with E-state index >= 15 is 0 Å². The molecule has 6 aromatic rings. The molecular formula is C39H35BrFN2OP. The highest BCUT2D eigenvalue weighted by Gasteiger charge is 2.48. The van der Waals surface area contributed by atoms with Crippen LogP contribution in [0.3, 0.4) is 0 Å². The van der Waals surface area contributed by atoms with Gasteiger partial charge in [0.2, 0.25) is 0 Å². The summed E-state index contributed by atoms with van der Waals surface area (Å²) < 4.78 is 16.5. The van der Waals surface area contributed by atoms with E-state index in [1.165, 1.54) is 28.0 Å². The molecule has 0 aliphatic carbocycles. The molecule has 45 heavy (non-hydrogen) atoms. The van der Waals surface area contributed by atoms with E-state index in [1.807, 2.05) is 60.7 Å². The van der Waals surface area contributed by atoms with E-state index in [1.54, 1.807) is 0 Å². The second-order valence-electron chi connectivity index (χ2n) is 11.2. The second-order valence-corrected chi connectivity index (χ2v) is 14.7. The molecule has 0 atom stereocenters. The summed E-state index contributed by atoms with van der Waals surface area (Å²) in [4.78, 5) is 13.5. The number of rotatable bonds is 9. The average molecular weight is 678 g/mol. The lowest BCUT2D eigenvalue weighted by Crippen LogP contribution is -3.00. The lowest BCUT2D eigenvalue weighted by Gasteiger charge is -2.29. The molecule has 1 amide bonds. The number of primary amides is 1. The zero-order valence-corrected chi connectivity index (χ0v) is 27.8.